The Morgan fingerprint density at radius 2 is 1.88 bits per heavy atom. The van der Waals surface area contributed by atoms with E-state index in [2.05, 4.69) is 42.2 Å². The first kappa shape index (κ1) is 11.6. The highest BCUT2D eigenvalue weighted by Gasteiger charge is 2.29. The van der Waals surface area contributed by atoms with Gasteiger partial charge in [0, 0.05) is 11.5 Å². The summed E-state index contributed by atoms with van der Waals surface area (Å²) < 4.78 is 0. The summed E-state index contributed by atoms with van der Waals surface area (Å²) in [6.45, 7) is 4.18. The molecule has 0 aliphatic heterocycles. The second kappa shape index (κ2) is 4.57. The molecule has 90 valence electrons. The molecule has 0 heterocycles. The van der Waals surface area contributed by atoms with Gasteiger partial charge in [0.25, 0.3) is 0 Å². The fraction of sp³-hybridized carbons (Fsp3) is 0.385. The summed E-state index contributed by atoms with van der Waals surface area (Å²) in [5, 5.41) is 7.99. The second-order valence-electron chi connectivity index (χ2n) is 4.60. The SMILES string of the molecule is Cc1ccc(/C(=N/N=C(N)N)C2CC2)c(C)c1. The maximum absolute atomic E-state index is 5.32. The van der Waals surface area contributed by atoms with Gasteiger partial charge in [-0.15, -0.1) is 5.10 Å². The van der Waals surface area contributed by atoms with Crippen molar-refractivity contribution >= 4 is 11.7 Å². The van der Waals surface area contributed by atoms with Crippen LogP contribution in [0.2, 0.25) is 0 Å². The number of aryl methyl sites for hydroxylation is 2. The minimum Gasteiger partial charge on any atom is -0.369 e. The molecule has 1 saturated carbocycles. The number of rotatable bonds is 3. The quantitative estimate of drug-likeness (QED) is 0.471. The van der Waals surface area contributed by atoms with E-state index in [0.717, 1.165) is 11.3 Å². The molecule has 0 aromatic heterocycles. The smallest absolute Gasteiger partial charge is 0.211 e. The first-order chi connectivity index (χ1) is 8.08. The average molecular weight is 230 g/mol. The highest BCUT2D eigenvalue weighted by Crippen LogP contribution is 2.34. The molecule has 1 fully saturated rings. The summed E-state index contributed by atoms with van der Waals surface area (Å²) >= 11 is 0. The largest absolute Gasteiger partial charge is 0.369 e. The van der Waals surface area contributed by atoms with Crippen LogP contribution in [-0.2, 0) is 0 Å². The lowest BCUT2D eigenvalue weighted by atomic mass is 9.99. The van der Waals surface area contributed by atoms with Crippen molar-refractivity contribution in [1.82, 2.24) is 0 Å². The summed E-state index contributed by atoms with van der Waals surface area (Å²) in [5.41, 5.74) is 15.3. The monoisotopic (exact) mass is 230 g/mol. The molecule has 1 aromatic rings. The third-order valence-corrected chi connectivity index (χ3v) is 2.90. The highest BCUT2D eigenvalue weighted by molar-refractivity contribution is 6.04. The molecule has 4 nitrogen and oxygen atoms in total. The maximum atomic E-state index is 5.32. The molecule has 0 unspecified atom stereocenters. The molecular weight excluding hydrogens is 212 g/mol. The van der Waals surface area contributed by atoms with E-state index in [1.165, 1.54) is 24.0 Å². The van der Waals surface area contributed by atoms with E-state index < -0.39 is 0 Å². The Kier molecular flexibility index (Phi) is 3.13. The van der Waals surface area contributed by atoms with E-state index in [4.69, 9.17) is 11.5 Å². The summed E-state index contributed by atoms with van der Waals surface area (Å²) in [5.74, 6) is 0.521. The number of nitrogens with zero attached hydrogens (tertiary/aromatic N) is 2. The Bertz CT molecular complexity index is 480. The van der Waals surface area contributed by atoms with Crippen molar-refractivity contribution in [3.63, 3.8) is 0 Å². The minimum atomic E-state index is 0.00733. The molecular formula is C13H18N4. The zero-order valence-electron chi connectivity index (χ0n) is 10.3. The summed E-state index contributed by atoms with van der Waals surface area (Å²) in [6, 6.07) is 6.35. The van der Waals surface area contributed by atoms with Crippen LogP contribution in [-0.4, -0.2) is 11.7 Å². The zero-order chi connectivity index (χ0) is 12.4. The average Bonchev–Trinajstić information content (AvgIpc) is 3.04. The minimum absolute atomic E-state index is 0.00733. The normalized spacial score (nSPS) is 15.8. The van der Waals surface area contributed by atoms with E-state index in [0.29, 0.717) is 5.92 Å². The van der Waals surface area contributed by atoms with Gasteiger partial charge >= 0.3 is 0 Å². The van der Waals surface area contributed by atoms with Gasteiger partial charge in [-0.3, -0.25) is 0 Å². The lowest BCUT2D eigenvalue weighted by Crippen LogP contribution is -2.22. The third kappa shape index (κ3) is 2.84. The van der Waals surface area contributed by atoms with Gasteiger partial charge < -0.3 is 11.5 Å². The molecule has 0 atom stereocenters. The van der Waals surface area contributed by atoms with E-state index in [-0.39, 0.29) is 5.96 Å². The molecule has 1 aliphatic rings. The van der Waals surface area contributed by atoms with Gasteiger partial charge in [0.1, 0.15) is 0 Å². The van der Waals surface area contributed by atoms with Crippen molar-refractivity contribution in [3.05, 3.63) is 34.9 Å². The number of nitrogens with two attached hydrogens (primary N) is 2. The standard InChI is InChI=1S/C13H18N4/c1-8-3-6-11(9(2)7-8)12(10-4-5-10)16-17-13(14)15/h3,6-7,10H,4-5H2,1-2H3,(H4,14,15,17)/b16-12+. The van der Waals surface area contributed by atoms with Gasteiger partial charge in [-0.2, -0.15) is 5.10 Å². The Hall–Kier alpha value is -1.84. The van der Waals surface area contributed by atoms with Crippen LogP contribution in [0.25, 0.3) is 0 Å². The van der Waals surface area contributed by atoms with Crippen molar-refractivity contribution in [1.29, 1.82) is 0 Å². The van der Waals surface area contributed by atoms with Gasteiger partial charge in [0.15, 0.2) is 0 Å². The molecule has 0 saturated heterocycles. The van der Waals surface area contributed by atoms with Crippen LogP contribution in [0.15, 0.2) is 28.4 Å². The molecule has 1 aromatic carbocycles. The summed E-state index contributed by atoms with van der Waals surface area (Å²) in [7, 11) is 0. The number of guanidine groups is 1. The molecule has 0 spiro atoms. The van der Waals surface area contributed by atoms with Crippen LogP contribution in [0.3, 0.4) is 0 Å². The van der Waals surface area contributed by atoms with Crippen LogP contribution in [0.5, 0.6) is 0 Å². The molecule has 2 rings (SSSR count). The van der Waals surface area contributed by atoms with Gasteiger partial charge in [-0.1, -0.05) is 23.8 Å². The molecule has 4 heteroatoms. The zero-order valence-corrected chi connectivity index (χ0v) is 10.3. The van der Waals surface area contributed by atoms with E-state index in [1.807, 2.05) is 0 Å². The fourth-order valence-corrected chi connectivity index (χ4v) is 1.92. The Labute approximate surface area is 101 Å². The lowest BCUT2D eigenvalue weighted by Gasteiger charge is -2.08. The Morgan fingerprint density at radius 3 is 2.41 bits per heavy atom. The molecule has 4 N–H and O–H groups in total. The maximum Gasteiger partial charge on any atom is 0.211 e. The van der Waals surface area contributed by atoms with Crippen LogP contribution in [0, 0.1) is 19.8 Å². The fourth-order valence-electron chi connectivity index (χ4n) is 1.92. The van der Waals surface area contributed by atoms with Crippen LogP contribution in [0.4, 0.5) is 0 Å². The lowest BCUT2D eigenvalue weighted by molar-refractivity contribution is 1.10. The third-order valence-electron chi connectivity index (χ3n) is 2.90. The van der Waals surface area contributed by atoms with Gasteiger partial charge in [-0.25, -0.2) is 0 Å². The van der Waals surface area contributed by atoms with E-state index in [1.54, 1.807) is 0 Å². The molecule has 0 bridgehead atoms. The first-order valence-corrected chi connectivity index (χ1v) is 5.82. The summed E-state index contributed by atoms with van der Waals surface area (Å²) in [4.78, 5) is 0. The Morgan fingerprint density at radius 1 is 1.18 bits per heavy atom. The number of hydrogen-bond acceptors (Lipinski definition) is 2. The van der Waals surface area contributed by atoms with Crippen LogP contribution < -0.4 is 11.5 Å². The summed E-state index contributed by atoms with van der Waals surface area (Å²) in [6.07, 6.45) is 2.35. The first-order valence-electron chi connectivity index (χ1n) is 5.82. The predicted molar refractivity (Wildman–Crippen MR) is 71.0 cm³/mol. The van der Waals surface area contributed by atoms with Crippen molar-refractivity contribution in [3.8, 4) is 0 Å². The number of hydrogen-bond donors (Lipinski definition) is 2. The van der Waals surface area contributed by atoms with E-state index in [9.17, 15) is 0 Å². The second-order valence-corrected chi connectivity index (χ2v) is 4.60. The van der Waals surface area contributed by atoms with Gasteiger partial charge in [0.2, 0.25) is 5.96 Å². The van der Waals surface area contributed by atoms with Crippen molar-refractivity contribution in [2.45, 2.75) is 26.7 Å². The van der Waals surface area contributed by atoms with Crippen molar-refractivity contribution < 1.29 is 0 Å². The molecule has 1 aliphatic carbocycles. The predicted octanol–water partition coefficient (Wildman–Crippen LogP) is 1.69. The molecule has 17 heavy (non-hydrogen) atoms. The topological polar surface area (TPSA) is 76.8 Å². The molecule has 0 radical (unpaired) electrons. The van der Waals surface area contributed by atoms with Crippen LogP contribution >= 0.6 is 0 Å². The van der Waals surface area contributed by atoms with Crippen molar-refractivity contribution in [2.75, 3.05) is 0 Å². The van der Waals surface area contributed by atoms with Crippen LogP contribution in [0.1, 0.15) is 29.5 Å². The number of benzene rings is 1. The Balaban J connectivity index is 2.39. The van der Waals surface area contributed by atoms with E-state index >= 15 is 0 Å². The highest BCUT2D eigenvalue weighted by atomic mass is 15.3. The van der Waals surface area contributed by atoms with Crippen molar-refractivity contribution in [2.24, 2.45) is 27.6 Å². The van der Waals surface area contributed by atoms with Gasteiger partial charge in [0.05, 0.1) is 5.71 Å². The van der Waals surface area contributed by atoms with Gasteiger partial charge in [-0.05, 0) is 32.3 Å². The molecule has 0 amide bonds.